The van der Waals surface area contributed by atoms with Crippen molar-refractivity contribution in [2.24, 2.45) is 5.92 Å². The molecule has 0 unspecified atom stereocenters. The molecule has 3 rings (SSSR count). The molecule has 1 aromatic heterocycles. The van der Waals surface area contributed by atoms with Crippen LogP contribution in [0.4, 0.5) is 5.69 Å². The van der Waals surface area contributed by atoms with E-state index in [1.807, 2.05) is 11.0 Å². The summed E-state index contributed by atoms with van der Waals surface area (Å²) in [7, 11) is 1.38. The molecule has 1 fully saturated rings. The predicted molar refractivity (Wildman–Crippen MR) is 120 cm³/mol. The van der Waals surface area contributed by atoms with Crippen LogP contribution in [0.2, 0.25) is 0 Å². The van der Waals surface area contributed by atoms with Crippen molar-refractivity contribution in [2.45, 2.75) is 84.1 Å². The van der Waals surface area contributed by atoms with Gasteiger partial charge in [0.1, 0.15) is 10.7 Å². The summed E-state index contributed by atoms with van der Waals surface area (Å²) < 4.78 is 5.07. The summed E-state index contributed by atoms with van der Waals surface area (Å²) >= 11 is 1.41. The van der Waals surface area contributed by atoms with Crippen LogP contribution in [-0.4, -0.2) is 30.8 Å². The molecule has 0 aliphatic heterocycles. The molecule has 0 radical (unpaired) electrons. The number of allylic oxidation sites excluding steroid dienone is 2. The van der Waals surface area contributed by atoms with Crippen molar-refractivity contribution in [3.8, 4) is 0 Å². The van der Waals surface area contributed by atoms with Gasteiger partial charge in [-0.2, -0.15) is 0 Å². The Morgan fingerprint density at radius 2 is 1.80 bits per heavy atom. The van der Waals surface area contributed by atoms with E-state index in [9.17, 15) is 14.4 Å². The van der Waals surface area contributed by atoms with Gasteiger partial charge < -0.3 is 9.64 Å². The number of carbonyl (C=O) groups excluding carboxylic acids is 3. The molecule has 1 heterocycles. The highest BCUT2D eigenvalue weighted by Gasteiger charge is 2.37. The summed E-state index contributed by atoms with van der Waals surface area (Å²) in [6, 6.07) is 1.93. The molecular weight excluding hydrogens is 398 g/mol. The number of hydrogen-bond donors (Lipinski definition) is 0. The zero-order chi connectivity index (χ0) is 22.1. The molecule has 1 aromatic rings. The number of methoxy groups -OCH3 is 1. The van der Waals surface area contributed by atoms with Crippen LogP contribution >= 0.6 is 11.3 Å². The number of thiophene rings is 1. The lowest BCUT2D eigenvalue weighted by atomic mass is 9.86. The number of ketones is 1. The smallest absolute Gasteiger partial charge is 0.350 e. The largest absolute Gasteiger partial charge is 0.465 e. The first-order chi connectivity index (χ1) is 14.1. The fraction of sp³-hybridized carbons (Fsp3) is 0.625. The van der Waals surface area contributed by atoms with E-state index >= 15 is 0 Å². The van der Waals surface area contributed by atoms with Gasteiger partial charge in [-0.3, -0.25) is 9.59 Å². The number of Topliss-reactive ketones (excluding diaryl/α,β-unsaturated/α-hetero) is 1. The van der Waals surface area contributed by atoms with Crippen molar-refractivity contribution >= 4 is 34.7 Å². The molecule has 164 valence electrons. The van der Waals surface area contributed by atoms with Gasteiger partial charge in [0.15, 0.2) is 0 Å². The van der Waals surface area contributed by atoms with Gasteiger partial charge in [0.2, 0.25) is 5.91 Å². The normalized spacial score (nSPS) is 20.6. The van der Waals surface area contributed by atoms with Gasteiger partial charge >= 0.3 is 5.97 Å². The van der Waals surface area contributed by atoms with Crippen molar-refractivity contribution in [2.75, 3.05) is 12.0 Å². The van der Waals surface area contributed by atoms with E-state index in [4.69, 9.17) is 4.74 Å². The van der Waals surface area contributed by atoms with Crippen LogP contribution in [0.25, 0.3) is 0 Å². The summed E-state index contributed by atoms with van der Waals surface area (Å²) in [4.78, 5) is 41.6. The molecule has 2 aliphatic carbocycles. The lowest BCUT2D eigenvalue weighted by molar-refractivity contribution is -0.125. The van der Waals surface area contributed by atoms with Crippen LogP contribution in [-0.2, 0) is 19.7 Å². The molecule has 1 saturated carbocycles. The average molecular weight is 432 g/mol. The van der Waals surface area contributed by atoms with E-state index in [1.165, 1.54) is 24.0 Å². The number of amides is 1. The summed E-state index contributed by atoms with van der Waals surface area (Å²) in [5.41, 5.74) is 1.84. The van der Waals surface area contributed by atoms with Crippen molar-refractivity contribution < 1.29 is 19.1 Å². The highest BCUT2D eigenvalue weighted by Crippen LogP contribution is 2.41. The van der Waals surface area contributed by atoms with Gasteiger partial charge in [-0.25, -0.2) is 4.79 Å². The topological polar surface area (TPSA) is 63.7 Å². The molecule has 0 bridgehead atoms. The Morgan fingerprint density at radius 3 is 2.33 bits per heavy atom. The molecule has 0 aromatic carbocycles. The molecule has 2 aliphatic rings. The Morgan fingerprint density at radius 1 is 1.13 bits per heavy atom. The van der Waals surface area contributed by atoms with Crippen LogP contribution in [0.1, 0.15) is 87.2 Å². The van der Waals surface area contributed by atoms with Gasteiger partial charge in [0.05, 0.1) is 12.8 Å². The summed E-state index contributed by atoms with van der Waals surface area (Å²) in [6.45, 7) is 8.41. The van der Waals surface area contributed by atoms with Gasteiger partial charge in [-0.05, 0) is 50.5 Å². The molecule has 1 atom stereocenters. The van der Waals surface area contributed by atoms with Gasteiger partial charge in [0.25, 0.3) is 0 Å². The summed E-state index contributed by atoms with van der Waals surface area (Å²) in [5.74, 6) is -0.172. The zero-order valence-electron chi connectivity index (χ0n) is 18.7. The van der Waals surface area contributed by atoms with Crippen molar-refractivity contribution in [3.63, 3.8) is 0 Å². The van der Waals surface area contributed by atoms with Crippen LogP contribution < -0.4 is 4.90 Å². The van der Waals surface area contributed by atoms with E-state index in [0.29, 0.717) is 36.2 Å². The van der Waals surface area contributed by atoms with Gasteiger partial charge in [0, 0.05) is 29.7 Å². The number of rotatable bonds is 4. The number of nitrogens with zero attached hydrogens (tertiary/aromatic N) is 1. The minimum absolute atomic E-state index is 0.0620. The Balaban J connectivity index is 2.05. The zero-order valence-corrected chi connectivity index (χ0v) is 19.6. The number of carbonyl (C=O) groups is 3. The maximum Gasteiger partial charge on any atom is 0.350 e. The Kier molecular flexibility index (Phi) is 6.85. The minimum Gasteiger partial charge on any atom is -0.465 e. The Hall–Kier alpha value is -1.95. The third-order valence-electron chi connectivity index (χ3n) is 6.18. The van der Waals surface area contributed by atoms with Crippen molar-refractivity contribution in [3.05, 3.63) is 27.5 Å². The van der Waals surface area contributed by atoms with E-state index in [1.54, 1.807) is 0 Å². The number of esters is 1. The van der Waals surface area contributed by atoms with Crippen molar-refractivity contribution in [1.29, 1.82) is 0 Å². The first kappa shape index (κ1) is 22.7. The second-order valence-corrected chi connectivity index (χ2v) is 10.6. The number of ether oxygens (including phenoxy) is 1. The van der Waals surface area contributed by atoms with Gasteiger partial charge in [-0.15, -0.1) is 11.3 Å². The SMILES string of the molecule is COC(=O)c1sc(C(C)(C)C)cc1N(C(=O)[C@H]1CC=C(C)CC1)C1CCC(=O)CC1. The lowest BCUT2D eigenvalue weighted by Crippen LogP contribution is -2.46. The van der Waals surface area contributed by atoms with Crippen LogP contribution in [0, 0.1) is 5.92 Å². The van der Waals surface area contributed by atoms with Gasteiger partial charge in [-0.1, -0.05) is 32.4 Å². The highest BCUT2D eigenvalue weighted by molar-refractivity contribution is 7.14. The fourth-order valence-corrected chi connectivity index (χ4v) is 5.36. The number of hydrogen-bond acceptors (Lipinski definition) is 5. The van der Waals surface area contributed by atoms with Crippen molar-refractivity contribution in [1.82, 2.24) is 0 Å². The molecule has 30 heavy (non-hydrogen) atoms. The lowest BCUT2D eigenvalue weighted by Gasteiger charge is -2.37. The van der Waals surface area contributed by atoms with E-state index in [-0.39, 0.29) is 29.1 Å². The molecule has 6 heteroatoms. The molecule has 5 nitrogen and oxygen atoms in total. The monoisotopic (exact) mass is 431 g/mol. The molecule has 0 N–H and O–H groups in total. The fourth-order valence-electron chi connectivity index (χ4n) is 4.23. The second kappa shape index (κ2) is 9.04. The van der Waals surface area contributed by atoms with E-state index in [2.05, 4.69) is 33.8 Å². The molecular formula is C24H33NO4S. The Bertz CT molecular complexity index is 851. The standard InChI is InChI=1S/C24H33NO4S/c1-15-6-8-16(9-7-15)22(27)25(17-10-12-18(26)13-11-17)19-14-20(24(2,3)4)30-21(19)23(28)29-5/h6,14,16-17H,7-13H2,1-5H3/t16-/m0/s1. The maximum atomic E-state index is 13.8. The summed E-state index contributed by atoms with van der Waals surface area (Å²) in [5, 5.41) is 0. The molecule has 1 amide bonds. The second-order valence-electron chi connectivity index (χ2n) is 9.57. The van der Waals surface area contributed by atoms with Crippen LogP contribution in [0.3, 0.4) is 0 Å². The summed E-state index contributed by atoms with van der Waals surface area (Å²) in [6.07, 6.45) is 6.91. The van der Waals surface area contributed by atoms with E-state index < -0.39 is 5.97 Å². The first-order valence-corrected chi connectivity index (χ1v) is 11.7. The third-order valence-corrected chi connectivity index (χ3v) is 7.71. The first-order valence-electron chi connectivity index (χ1n) is 10.8. The quantitative estimate of drug-likeness (QED) is 0.471. The minimum atomic E-state index is -0.408. The van der Waals surface area contributed by atoms with Crippen LogP contribution in [0.5, 0.6) is 0 Å². The Labute approximate surface area is 183 Å². The highest BCUT2D eigenvalue weighted by atomic mass is 32.1. The molecule has 0 spiro atoms. The maximum absolute atomic E-state index is 13.8. The third kappa shape index (κ3) is 4.85. The average Bonchev–Trinajstić information content (AvgIpc) is 3.15. The molecule has 0 saturated heterocycles. The van der Waals surface area contributed by atoms with Crippen LogP contribution in [0.15, 0.2) is 17.7 Å². The predicted octanol–water partition coefficient (Wildman–Crippen LogP) is 5.42. The number of anilines is 1. The van der Waals surface area contributed by atoms with E-state index in [0.717, 1.165) is 24.1 Å².